The second kappa shape index (κ2) is 8.05. The first-order chi connectivity index (χ1) is 14.0. The van der Waals surface area contributed by atoms with E-state index in [1.54, 1.807) is 18.2 Å². The summed E-state index contributed by atoms with van der Waals surface area (Å²) in [4.78, 5) is 16.9. The minimum atomic E-state index is -0.217. The number of rotatable bonds is 5. The Bertz CT molecular complexity index is 1050. The molecule has 0 atom stereocenters. The van der Waals surface area contributed by atoms with E-state index in [9.17, 15) is 9.18 Å². The van der Waals surface area contributed by atoms with Crippen LogP contribution in [-0.2, 0) is 17.9 Å². The topological polar surface area (TPSA) is 78.3 Å². The Morgan fingerprint density at radius 3 is 2.59 bits per heavy atom. The average molecular weight is 393 g/mol. The maximum atomic E-state index is 13.4. The smallest absolute Gasteiger partial charge is 0.242 e. The third-order valence-corrected chi connectivity index (χ3v) is 5.41. The van der Waals surface area contributed by atoms with Gasteiger partial charge in [-0.3, -0.25) is 15.1 Å². The zero-order valence-electron chi connectivity index (χ0n) is 16.1. The van der Waals surface area contributed by atoms with Crippen molar-refractivity contribution >= 4 is 22.6 Å². The van der Waals surface area contributed by atoms with Crippen molar-refractivity contribution in [2.24, 2.45) is 5.73 Å². The van der Waals surface area contributed by atoms with E-state index < -0.39 is 0 Å². The van der Waals surface area contributed by atoms with Crippen molar-refractivity contribution in [3.05, 3.63) is 71.7 Å². The van der Waals surface area contributed by atoms with Crippen molar-refractivity contribution in [2.45, 2.75) is 13.1 Å². The van der Waals surface area contributed by atoms with Crippen LogP contribution in [0.25, 0.3) is 10.9 Å². The number of carbonyl (C=O) groups is 1. The Morgan fingerprint density at radius 2 is 1.86 bits per heavy atom. The highest BCUT2D eigenvalue weighted by molar-refractivity contribution is 5.98. The largest absolute Gasteiger partial charge is 0.384 e. The summed E-state index contributed by atoms with van der Waals surface area (Å²) in [5.74, 6) is -0.0962. The molecule has 0 spiro atoms. The molecular weight excluding hydrogens is 369 g/mol. The van der Waals surface area contributed by atoms with Crippen molar-refractivity contribution in [1.29, 1.82) is 5.41 Å². The number of nitrogen functional groups attached to an aromatic ring is 1. The van der Waals surface area contributed by atoms with Gasteiger partial charge in [0.25, 0.3) is 0 Å². The molecule has 1 aromatic heterocycles. The molecule has 29 heavy (non-hydrogen) atoms. The molecule has 1 aliphatic heterocycles. The van der Waals surface area contributed by atoms with Gasteiger partial charge in [0, 0.05) is 55.4 Å². The summed E-state index contributed by atoms with van der Waals surface area (Å²) in [5.41, 5.74) is 8.13. The van der Waals surface area contributed by atoms with Crippen LogP contribution in [0.5, 0.6) is 0 Å². The van der Waals surface area contributed by atoms with Gasteiger partial charge in [0.2, 0.25) is 5.91 Å². The maximum Gasteiger partial charge on any atom is 0.242 e. The number of nitrogens with zero attached hydrogens (tertiary/aromatic N) is 3. The first kappa shape index (κ1) is 19.1. The van der Waals surface area contributed by atoms with E-state index in [2.05, 4.69) is 4.90 Å². The maximum absolute atomic E-state index is 13.4. The molecule has 0 aliphatic carbocycles. The van der Waals surface area contributed by atoms with Gasteiger partial charge in [-0.1, -0.05) is 12.1 Å². The summed E-state index contributed by atoms with van der Waals surface area (Å²) in [6.07, 6.45) is 1.90. The van der Waals surface area contributed by atoms with Gasteiger partial charge in [0.05, 0.1) is 0 Å². The number of carbonyl (C=O) groups excluding carboxylic acids is 1. The number of nitrogens with one attached hydrogen (secondary N) is 1. The highest BCUT2D eigenvalue weighted by atomic mass is 19.1. The molecule has 2 aromatic carbocycles. The molecule has 6 nitrogen and oxygen atoms in total. The van der Waals surface area contributed by atoms with Crippen LogP contribution in [0.15, 0.2) is 54.7 Å². The molecule has 1 fully saturated rings. The molecule has 0 unspecified atom stereocenters. The minimum absolute atomic E-state index is 0.0341. The molecule has 4 rings (SSSR count). The van der Waals surface area contributed by atoms with E-state index in [1.807, 2.05) is 39.9 Å². The number of halogens is 1. The first-order valence-electron chi connectivity index (χ1n) is 9.67. The van der Waals surface area contributed by atoms with E-state index in [1.165, 1.54) is 6.07 Å². The van der Waals surface area contributed by atoms with Crippen molar-refractivity contribution in [1.82, 2.24) is 14.4 Å². The fourth-order valence-electron chi connectivity index (χ4n) is 3.80. The van der Waals surface area contributed by atoms with Gasteiger partial charge in [-0.25, -0.2) is 4.39 Å². The number of aromatic nitrogens is 1. The zero-order chi connectivity index (χ0) is 20.4. The Labute approximate surface area is 168 Å². The Hall–Kier alpha value is -3.19. The lowest BCUT2D eigenvalue weighted by atomic mass is 10.1. The van der Waals surface area contributed by atoms with Gasteiger partial charge in [-0.05, 0) is 42.0 Å². The van der Waals surface area contributed by atoms with Crippen LogP contribution in [0, 0.1) is 11.2 Å². The zero-order valence-corrected chi connectivity index (χ0v) is 16.1. The van der Waals surface area contributed by atoms with Crippen molar-refractivity contribution < 1.29 is 9.18 Å². The SMILES string of the molecule is N=C(N)c1ccc2c(ccn2CC(=O)N2CCN(Cc3cccc(F)c3)CC2)c1. The predicted molar refractivity (Wildman–Crippen MR) is 111 cm³/mol. The average Bonchev–Trinajstić information content (AvgIpc) is 3.10. The normalized spacial score (nSPS) is 15.0. The predicted octanol–water partition coefficient (Wildman–Crippen LogP) is 2.41. The van der Waals surface area contributed by atoms with Gasteiger partial charge < -0.3 is 15.2 Å². The molecule has 0 radical (unpaired) electrons. The summed E-state index contributed by atoms with van der Waals surface area (Å²) in [6, 6.07) is 14.2. The van der Waals surface area contributed by atoms with E-state index >= 15 is 0 Å². The van der Waals surface area contributed by atoms with E-state index in [0.717, 1.165) is 29.6 Å². The molecular formula is C22H24FN5O. The second-order valence-electron chi connectivity index (χ2n) is 7.42. The Kier molecular flexibility index (Phi) is 5.31. The fourth-order valence-corrected chi connectivity index (χ4v) is 3.80. The number of fused-ring (bicyclic) bond motifs is 1. The standard InChI is InChI=1S/C22H24FN5O/c23-19-3-1-2-16(12-19)14-26-8-10-27(11-9-26)21(29)15-28-7-6-17-13-18(22(24)25)4-5-20(17)28/h1-7,12-13H,8-11,14-15H2,(H3,24,25). The Balaban J connectivity index is 1.35. The highest BCUT2D eigenvalue weighted by Crippen LogP contribution is 2.18. The van der Waals surface area contributed by atoms with Gasteiger partial charge in [-0.2, -0.15) is 0 Å². The number of hydrogen-bond donors (Lipinski definition) is 2. The van der Waals surface area contributed by atoms with Gasteiger partial charge in [-0.15, -0.1) is 0 Å². The van der Waals surface area contributed by atoms with Crippen LogP contribution in [0.1, 0.15) is 11.1 Å². The van der Waals surface area contributed by atoms with Crippen LogP contribution in [0.3, 0.4) is 0 Å². The monoisotopic (exact) mass is 393 g/mol. The molecule has 2 heterocycles. The molecule has 1 saturated heterocycles. The molecule has 3 aromatic rings. The summed E-state index contributed by atoms with van der Waals surface area (Å²) in [7, 11) is 0. The Morgan fingerprint density at radius 1 is 1.07 bits per heavy atom. The first-order valence-corrected chi connectivity index (χ1v) is 9.67. The van der Waals surface area contributed by atoms with Crippen LogP contribution < -0.4 is 5.73 Å². The van der Waals surface area contributed by atoms with E-state index in [0.29, 0.717) is 25.2 Å². The third kappa shape index (κ3) is 4.30. The molecule has 7 heteroatoms. The van der Waals surface area contributed by atoms with Crippen LogP contribution >= 0.6 is 0 Å². The molecule has 0 saturated carbocycles. The summed E-state index contributed by atoms with van der Waals surface area (Å²) < 4.78 is 15.3. The second-order valence-corrected chi connectivity index (χ2v) is 7.42. The number of benzene rings is 2. The molecule has 150 valence electrons. The lowest BCUT2D eigenvalue weighted by molar-refractivity contribution is -0.133. The quantitative estimate of drug-likeness (QED) is 0.516. The molecule has 0 bridgehead atoms. The van der Waals surface area contributed by atoms with Gasteiger partial charge in [0.15, 0.2) is 0 Å². The van der Waals surface area contributed by atoms with E-state index in [4.69, 9.17) is 11.1 Å². The van der Waals surface area contributed by atoms with Gasteiger partial charge >= 0.3 is 0 Å². The number of amidine groups is 1. The van der Waals surface area contributed by atoms with Crippen LogP contribution in [0.2, 0.25) is 0 Å². The fraction of sp³-hybridized carbons (Fsp3) is 0.273. The lowest BCUT2D eigenvalue weighted by Crippen LogP contribution is -2.49. The minimum Gasteiger partial charge on any atom is -0.384 e. The lowest BCUT2D eigenvalue weighted by Gasteiger charge is -2.35. The summed E-state index contributed by atoms with van der Waals surface area (Å²) in [6.45, 7) is 3.87. The van der Waals surface area contributed by atoms with Crippen LogP contribution in [-0.4, -0.2) is 52.3 Å². The van der Waals surface area contributed by atoms with Crippen molar-refractivity contribution in [2.75, 3.05) is 26.2 Å². The van der Waals surface area contributed by atoms with E-state index in [-0.39, 0.29) is 24.1 Å². The third-order valence-electron chi connectivity index (χ3n) is 5.41. The molecule has 1 amide bonds. The molecule has 1 aliphatic rings. The number of piperazine rings is 1. The van der Waals surface area contributed by atoms with Crippen molar-refractivity contribution in [3.8, 4) is 0 Å². The summed E-state index contributed by atoms with van der Waals surface area (Å²) >= 11 is 0. The molecule has 3 N–H and O–H groups in total. The van der Waals surface area contributed by atoms with Crippen molar-refractivity contribution in [3.63, 3.8) is 0 Å². The number of hydrogen-bond acceptors (Lipinski definition) is 3. The van der Waals surface area contributed by atoms with Gasteiger partial charge in [0.1, 0.15) is 18.2 Å². The highest BCUT2D eigenvalue weighted by Gasteiger charge is 2.21. The number of nitrogens with two attached hydrogens (primary N) is 1. The van der Waals surface area contributed by atoms with Crippen LogP contribution in [0.4, 0.5) is 4.39 Å². The summed E-state index contributed by atoms with van der Waals surface area (Å²) in [5, 5.41) is 8.51. The number of amides is 1.